The molecule has 0 spiro atoms. The number of aryl methyl sites for hydroxylation is 1. The molecule has 1 aromatic heterocycles. The van der Waals surface area contributed by atoms with Gasteiger partial charge in [0.25, 0.3) is 0 Å². The van der Waals surface area contributed by atoms with Gasteiger partial charge in [0, 0.05) is 32.4 Å². The summed E-state index contributed by atoms with van der Waals surface area (Å²) in [5, 5.41) is 0. The number of hydrogen-bond acceptors (Lipinski definition) is 4. The highest BCUT2D eigenvalue weighted by atomic mass is 16.7. The molecule has 0 radical (unpaired) electrons. The SMILES string of the molecule is CCCCN(c1nccn1C)C(Cc1ccc2c(c1)OCO2)(c1ccccc1)C1CCCCCC1. The molecule has 0 saturated heterocycles. The molecule has 2 heterocycles. The van der Waals surface area contributed by atoms with Gasteiger partial charge in [0.1, 0.15) is 0 Å². The largest absolute Gasteiger partial charge is 0.454 e. The predicted molar refractivity (Wildman–Crippen MR) is 141 cm³/mol. The molecule has 0 bridgehead atoms. The molecule has 1 unspecified atom stereocenters. The van der Waals surface area contributed by atoms with Crippen LogP contribution in [-0.2, 0) is 19.0 Å². The van der Waals surface area contributed by atoms with Crippen LogP contribution in [0.1, 0.15) is 69.4 Å². The predicted octanol–water partition coefficient (Wildman–Crippen LogP) is 6.86. The number of ether oxygens (including phenoxy) is 2. The molecule has 1 fully saturated rings. The number of aromatic nitrogens is 2. The first-order chi connectivity index (χ1) is 17.2. The fourth-order valence-corrected chi connectivity index (χ4v) is 6.21. The van der Waals surface area contributed by atoms with Crippen molar-refractivity contribution in [1.82, 2.24) is 9.55 Å². The van der Waals surface area contributed by atoms with Crippen LogP contribution in [0, 0.1) is 5.92 Å². The van der Waals surface area contributed by atoms with E-state index in [1.807, 2.05) is 6.20 Å². The van der Waals surface area contributed by atoms with Crippen molar-refractivity contribution < 1.29 is 9.47 Å². The Kier molecular flexibility index (Phi) is 7.31. The van der Waals surface area contributed by atoms with Gasteiger partial charge in [-0.3, -0.25) is 0 Å². The van der Waals surface area contributed by atoms with E-state index in [9.17, 15) is 0 Å². The van der Waals surface area contributed by atoms with Crippen molar-refractivity contribution in [2.75, 3.05) is 18.2 Å². The van der Waals surface area contributed by atoms with E-state index in [1.54, 1.807) is 0 Å². The van der Waals surface area contributed by atoms with E-state index < -0.39 is 0 Å². The smallest absolute Gasteiger partial charge is 0.231 e. The van der Waals surface area contributed by atoms with Gasteiger partial charge in [-0.1, -0.05) is 75.4 Å². The molecule has 5 nitrogen and oxygen atoms in total. The van der Waals surface area contributed by atoms with Crippen molar-refractivity contribution in [3.05, 3.63) is 72.1 Å². The quantitative estimate of drug-likeness (QED) is 0.318. The van der Waals surface area contributed by atoms with Gasteiger partial charge in [0.05, 0.1) is 5.54 Å². The number of fused-ring (bicyclic) bond motifs is 1. The zero-order valence-corrected chi connectivity index (χ0v) is 21.3. The van der Waals surface area contributed by atoms with Gasteiger partial charge in [0.15, 0.2) is 11.5 Å². The minimum atomic E-state index is -0.201. The first-order valence-corrected chi connectivity index (χ1v) is 13.4. The lowest BCUT2D eigenvalue weighted by Gasteiger charge is -2.50. The standard InChI is InChI=1S/C30H39N3O2/c1-3-4-19-33(29-31-18-20-32(29)2)30(26-14-10-7-11-15-26,25-12-8-5-6-9-13-25)22-24-16-17-27-28(21-24)35-23-34-27/h7,10-11,14-18,20-21,25H,3-6,8-9,12-13,19,22-23H2,1-2H3. The Labute approximate surface area is 210 Å². The van der Waals surface area contributed by atoms with Crippen LogP contribution in [0.5, 0.6) is 11.5 Å². The van der Waals surface area contributed by atoms with Gasteiger partial charge in [-0.05, 0) is 48.4 Å². The molecule has 5 heteroatoms. The third-order valence-electron chi connectivity index (χ3n) is 7.97. The zero-order valence-electron chi connectivity index (χ0n) is 21.3. The highest BCUT2D eigenvalue weighted by molar-refractivity contribution is 5.49. The fourth-order valence-electron chi connectivity index (χ4n) is 6.21. The summed E-state index contributed by atoms with van der Waals surface area (Å²) in [5.41, 5.74) is 2.48. The van der Waals surface area contributed by atoms with Crippen molar-refractivity contribution in [3.8, 4) is 11.5 Å². The molecule has 35 heavy (non-hydrogen) atoms. The van der Waals surface area contributed by atoms with Gasteiger partial charge in [-0.25, -0.2) is 4.98 Å². The van der Waals surface area contributed by atoms with Crippen LogP contribution in [0.25, 0.3) is 0 Å². The Morgan fingerprint density at radius 3 is 2.49 bits per heavy atom. The molecule has 2 aliphatic rings. The summed E-state index contributed by atoms with van der Waals surface area (Å²) >= 11 is 0. The molecular weight excluding hydrogens is 434 g/mol. The molecule has 0 amide bonds. The van der Waals surface area contributed by atoms with Crippen LogP contribution < -0.4 is 14.4 Å². The van der Waals surface area contributed by atoms with Crippen LogP contribution >= 0.6 is 0 Å². The maximum Gasteiger partial charge on any atom is 0.231 e. The van der Waals surface area contributed by atoms with Crippen molar-refractivity contribution in [2.24, 2.45) is 13.0 Å². The van der Waals surface area contributed by atoms with Gasteiger partial charge < -0.3 is 18.9 Å². The van der Waals surface area contributed by atoms with Crippen molar-refractivity contribution >= 4 is 5.95 Å². The monoisotopic (exact) mass is 473 g/mol. The average Bonchev–Trinajstić information content (AvgIpc) is 3.44. The number of unbranched alkanes of at least 4 members (excludes halogenated alkanes) is 1. The molecule has 1 saturated carbocycles. The van der Waals surface area contributed by atoms with E-state index >= 15 is 0 Å². The van der Waals surface area contributed by atoms with E-state index in [0.29, 0.717) is 12.7 Å². The molecule has 3 aromatic rings. The van der Waals surface area contributed by atoms with E-state index in [4.69, 9.17) is 14.5 Å². The Balaban J connectivity index is 1.70. The summed E-state index contributed by atoms with van der Waals surface area (Å²) in [6.07, 6.45) is 15.0. The second kappa shape index (κ2) is 10.8. The van der Waals surface area contributed by atoms with Crippen molar-refractivity contribution in [3.63, 3.8) is 0 Å². The van der Waals surface area contributed by atoms with Crippen LogP contribution in [0.4, 0.5) is 5.95 Å². The van der Waals surface area contributed by atoms with Gasteiger partial charge in [-0.15, -0.1) is 0 Å². The zero-order chi connectivity index (χ0) is 24.1. The number of anilines is 1. The summed E-state index contributed by atoms with van der Waals surface area (Å²) in [6.45, 7) is 3.57. The topological polar surface area (TPSA) is 39.5 Å². The van der Waals surface area contributed by atoms with E-state index in [0.717, 1.165) is 43.3 Å². The minimum absolute atomic E-state index is 0.201. The number of hydrogen-bond donors (Lipinski definition) is 0. The summed E-state index contributed by atoms with van der Waals surface area (Å²) in [6, 6.07) is 17.8. The van der Waals surface area contributed by atoms with E-state index in [1.165, 1.54) is 49.7 Å². The number of nitrogens with zero attached hydrogens (tertiary/aromatic N) is 3. The molecule has 1 aliphatic heterocycles. The number of imidazole rings is 1. The maximum absolute atomic E-state index is 5.79. The highest BCUT2D eigenvalue weighted by Gasteiger charge is 2.46. The summed E-state index contributed by atoms with van der Waals surface area (Å²) in [7, 11) is 2.13. The molecule has 5 rings (SSSR count). The minimum Gasteiger partial charge on any atom is -0.454 e. The van der Waals surface area contributed by atoms with Gasteiger partial charge >= 0.3 is 0 Å². The normalized spacial score (nSPS) is 17.7. The Bertz CT molecular complexity index is 1090. The Morgan fingerprint density at radius 2 is 1.77 bits per heavy atom. The molecule has 2 aromatic carbocycles. The lowest BCUT2D eigenvalue weighted by molar-refractivity contribution is 0.174. The molecule has 186 valence electrons. The summed E-state index contributed by atoms with van der Waals surface area (Å²) < 4.78 is 13.6. The summed E-state index contributed by atoms with van der Waals surface area (Å²) in [4.78, 5) is 7.58. The van der Waals surface area contributed by atoms with Crippen molar-refractivity contribution in [1.29, 1.82) is 0 Å². The van der Waals surface area contributed by atoms with Crippen LogP contribution in [-0.4, -0.2) is 22.9 Å². The Hall–Kier alpha value is -2.95. The van der Waals surface area contributed by atoms with Crippen LogP contribution in [0.3, 0.4) is 0 Å². The summed E-state index contributed by atoms with van der Waals surface area (Å²) in [5.74, 6) is 3.31. The second-order valence-corrected chi connectivity index (χ2v) is 10.2. The van der Waals surface area contributed by atoms with Crippen LogP contribution in [0.2, 0.25) is 0 Å². The Morgan fingerprint density at radius 1 is 1.00 bits per heavy atom. The molecule has 1 atom stereocenters. The number of rotatable bonds is 9. The van der Waals surface area contributed by atoms with Gasteiger partial charge in [0.2, 0.25) is 12.7 Å². The fraction of sp³-hybridized carbons (Fsp3) is 0.500. The van der Waals surface area contributed by atoms with Crippen LogP contribution in [0.15, 0.2) is 60.9 Å². The highest BCUT2D eigenvalue weighted by Crippen LogP contribution is 2.48. The molecule has 0 N–H and O–H groups in total. The van der Waals surface area contributed by atoms with Crippen molar-refractivity contribution in [2.45, 2.75) is 70.3 Å². The van der Waals surface area contributed by atoms with Gasteiger partial charge in [-0.2, -0.15) is 0 Å². The lowest BCUT2D eigenvalue weighted by atomic mass is 9.69. The first-order valence-electron chi connectivity index (χ1n) is 13.4. The third-order valence-corrected chi connectivity index (χ3v) is 7.97. The second-order valence-electron chi connectivity index (χ2n) is 10.2. The first kappa shape index (κ1) is 23.8. The number of benzene rings is 2. The third kappa shape index (κ3) is 4.78. The molecule has 1 aliphatic carbocycles. The van der Waals surface area contributed by atoms with E-state index in [2.05, 4.69) is 78.2 Å². The average molecular weight is 474 g/mol. The maximum atomic E-state index is 5.79. The molecular formula is C30H39N3O2. The lowest BCUT2D eigenvalue weighted by Crippen LogP contribution is -2.54. The van der Waals surface area contributed by atoms with E-state index in [-0.39, 0.29) is 5.54 Å².